The Kier molecular flexibility index (Phi) is 4.31. The molecule has 128 valence electrons. The first-order valence-electron chi connectivity index (χ1n) is 7.86. The maximum absolute atomic E-state index is 12.7. The number of phenolic OH excluding ortho intramolecular Hbond substituents is 1. The molecule has 0 aliphatic carbocycles. The van der Waals surface area contributed by atoms with Crippen LogP contribution in [0.2, 0.25) is 0 Å². The van der Waals surface area contributed by atoms with E-state index >= 15 is 0 Å². The summed E-state index contributed by atoms with van der Waals surface area (Å²) in [5.41, 5.74) is -0.137. The summed E-state index contributed by atoms with van der Waals surface area (Å²) in [4.78, 5) is 16.7. The van der Waals surface area contributed by atoms with Crippen LogP contribution in [0.4, 0.5) is 0 Å². The molecule has 5 heteroatoms. The summed E-state index contributed by atoms with van der Waals surface area (Å²) in [6.07, 6.45) is 3.18. The molecule has 0 bridgehead atoms. The Bertz CT molecular complexity index is 934. The minimum absolute atomic E-state index is 0.0828. The zero-order chi connectivity index (χ0) is 18.0. The van der Waals surface area contributed by atoms with Gasteiger partial charge in [-0.1, -0.05) is 30.3 Å². The van der Waals surface area contributed by atoms with Crippen LogP contribution in [0.5, 0.6) is 11.5 Å². The number of aromatic nitrogens is 1. The lowest BCUT2D eigenvalue weighted by Crippen LogP contribution is -2.26. The number of aromatic hydroxyl groups is 1. The second kappa shape index (κ2) is 6.43. The van der Waals surface area contributed by atoms with Gasteiger partial charge in [0.15, 0.2) is 0 Å². The summed E-state index contributed by atoms with van der Waals surface area (Å²) in [6.45, 7) is 3.53. The first-order valence-corrected chi connectivity index (χ1v) is 7.86. The summed E-state index contributed by atoms with van der Waals surface area (Å²) in [5, 5.41) is 11.9. The third-order valence-electron chi connectivity index (χ3n) is 4.12. The van der Waals surface area contributed by atoms with Crippen LogP contribution in [0.25, 0.3) is 10.8 Å². The first-order chi connectivity index (χ1) is 11.9. The van der Waals surface area contributed by atoms with E-state index in [9.17, 15) is 9.90 Å². The molecule has 0 radical (unpaired) electrons. The molecular formula is C20H19NO4. The fourth-order valence-electron chi connectivity index (χ4n) is 2.80. The van der Waals surface area contributed by atoms with Crippen LogP contribution in [0.3, 0.4) is 0 Å². The lowest BCUT2D eigenvalue weighted by atomic mass is 9.98. The van der Waals surface area contributed by atoms with E-state index in [1.807, 2.05) is 18.2 Å². The number of esters is 1. The van der Waals surface area contributed by atoms with Crippen molar-refractivity contribution in [3.63, 3.8) is 0 Å². The maximum Gasteiger partial charge on any atom is 0.342 e. The number of rotatable bonds is 4. The summed E-state index contributed by atoms with van der Waals surface area (Å²) in [6, 6.07) is 12.4. The van der Waals surface area contributed by atoms with Crippen LogP contribution in [0, 0.1) is 0 Å². The summed E-state index contributed by atoms with van der Waals surface area (Å²) >= 11 is 0. The molecule has 5 nitrogen and oxygen atoms in total. The second-order valence-corrected chi connectivity index (χ2v) is 6.16. The normalized spacial score (nSPS) is 11.3. The van der Waals surface area contributed by atoms with Crippen molar-refractivity contribution in [1.29, 1.82) is 0 Å². The van der Waals surface area contributed by atoms with Crippen LogP contribution in [-0.2, 0) is 10.3 Å². The van der Waals surface area contributed by atoms with Crippen molar-refractivity contribution >= 4 is 16.7 Å². The molecule has 0 aliphatic heterocycles. The third kappa shape index (κ3) is 3.13. The molecule has 1 heterocycles. The third-order valence-corrected chi connectivity index (χ3v) is 4.12. The average Bonchev–Trinajstić information content (AvgIpc) is 2.61. The Hall–Kier alpha value is -3.08. The maximum atomic E-state index is 12.7. The van der Waals surface area contributed by atoms with Gasteiger partial charge in [0.1, 0.15) is 22.7 Å². The molecule has 0 saturated heterocycles. The monoisotopic (exact) mass is 337 g/mol. The molecule has 3 aromatic rings. The molecule has 25 heavy (non-hydrogen) atoms. The van der Waals surface area contributed by atoms with Crippen LogP contribution in [0.15, 0.2) is 54.9 Å². The summed E-state index contributed by atoms with van der Waals surface area (Å²) in [5.74, 6) is -0.157. The molecule has 2 aromatic carbocycles. The molecule has 0 unspecified atom stereocenters. The highest BCUT2D eigenvalue weighted by Crippen LogP contribution is 2.35. The number of hydrogen-bond donors (Lipinski definition) is 1. The average molecular weight is 337 g/mol. The van der Waals surface area contributed by atoms with Crippen molar-refractivity contribution in [2.75, 3.05) is 7.11 Å². The number of fused-ring (bicyclic) bond motifs is 1. The van der Waals surface area contributed by atoms with E-state index in [-0.39, 0.29) is 11.3 Å². The zero-order valence-electron chi connectivity index (χ0n) is 14.3. The topological polar surface area (TPSA) is 68.7 Å². The Morgan fingerprint density at radius 2 is 1.88 bits per heavy atom. The lowest BCUT2D eigenvalue weighted by Gasteiger charge is -2.27. The van der Waals surface area contributed by atoms with Gasteiger partial charge in [-0.15, -0.1) is 0 Å². The minimum Gasteiger partial charge on any atom is -0.506 e. The Morgan fingerprint density at radius 1 is 1.12 bits per heavy atom. The second-order valence-electron chi connectivity index (χ2n) is 6.16. The van der Waals surface area contributed by atoms with Gasteiger partial charge in [0.25, 0.3) is 0 Å². The van der Waals surface area contributed by atoms with Crippen molar-refractivity contribution in [3.8, 4) is 11.5 Å². The first kappa shape index (κ1) is 16.8. The zero-order valence-corrected chi connectivity index (χ0v) is 14.3. The highest BCUT2D eigenvalue weighted by molar-refractivity contribution is 6.01. The smallest absolute Gasteiger partial charge is 0.342 e. The van der Waals surface area contributed by atoms with Crippen molar-refractivity contribution in [2.24, 2.45) is 0 Å². The molecule has 0 atom stereocenters. The van der Waals surface area contributed by atoms with Crippen molar-refractivity contribution in [1.82, 2.24) is 4.98 Å². The van der Waals surface area contributed by atoms with Gasteiger partial charge >= 0.3 is 5.97 Å². The SMILES string of the molecule is COc1cnccc1C(C)(C)OC(=O)c1ccc2ccccc2c1O. The summed E-state index contributed by atoms with van der Waals surface area (Å²) < 4.78 is 11.0. The number of hydrogen-bond acceptors (Lipinski definition) is 5. The van der Waals surface area contributed by atoms with Gasteiger partial charge in [0.2, 0.25) is 0 Å². The van der Waals surface area contributed by atoms with E-state index in [2.05, 4.69) is 4.98 Å². The highest BCUT2D eigenvalue weighted by atomic mass is 16.6. The predicted molar refractivity (Wildman–Crippen MR) is 94.8 cm³/mol. The van der Waals surface area contributed by atoms with Gasteiger partial charge in [-0.3, -0.25) is 4.98 Å². The molecule has 0 spiro atoms. The fraction of sp³-hybridized carbons (Fsp3) is 0.200. The van der Waals surface area contributed by atoms with Gasteiger partial charge in [-0.2, -0.15) is 0 Å². The van der Waals surface area contributed by atoms with E-state index < -0.39 is 11.6 Å². The van der Waals surface area contributed by atoms with Crippen molar-refractivity contribution in [2.45, 2.75) is 19.4 Å². The molecule has 0 fully saturated rings. The lowest BCUT2D eigenvalue weighted by molar-refractivity contribution is -0.00425. The number of carbonyl (C=O) groups excluding carboxylic acids is 1. The van der Waals surface area contributed by atoms with Gasteiger partial charge in [-0.25, -0.2) is 4.79 Å². The molecule has 3 rings (SSSR count). The van der Waals surface area contributed by atoms with Crippen LogP contribution in [-0.4, -0.2) is 23.2 Å². The van der Waals surface area contributed by atoms with E-state index in [4.69, 9.17) is 9.47 Å². The minimum atomic E-state index is -0.955. The highest BCUT2D eigenvalue weighted by Gasteiger charge is 2.30. The van der Waals surface area contributed by atoms with Gasteiger partial charge in [0.05, 0.1) is 13.3 Å². The number of pyridine rings is 1. The number of nitrogens with zero attached hydrogens (tertiary/aromatic N) is 1. The predicted octanol–water partition coefficient (Wildman–Crippen LogP) is 4.04. The molecule has 1 N–H and O–H groups in total. The number of methoxy groups -OCH3 is 1. The Balaban J connectivity index is 1.95. The van der Waals surface area contributed by atoms with Gasteiger partial charge in [0, 0.05) is 17.1 Å². The number of ether oxygens (including phenoxy) is 2. The molecular weight excluding hydrogens is 318 g/mol. The standard InChI is InChI=1S/C20H19NO4/c1-20(2,16-10-11-21-12-17(16)24-3)25-19(23)15-9-8-13-6-4-5-7-14(13)18(15)22/h4-12,22H,1-3H3. The number of phenols is 1. The quantitative estimate of drug-likeness (QED) is 0.728. The van der Waals surface area contributed by atoms with E-state index in [1.54, 1.807) is 50.5 Å². The van der Waals surface area contributed by atoms with E-state index in [1.165, 1.54) is 7.11 Å². The Labute approximate surface area is 145 Å². The molecule has 0 amide bonds. The van der Waals surface area contributed by atoms with Gasteiger partial charge in [-0.05, 0) is 31.4 Å². The molecule has 0 aliphatic rings. The number of carbonyl (C=O) groups is 1. The van der Waals surface area contributed by atoms with Crippen molar-refractivity contribution in [3.05, 3.63) is 66.0 Å². The van der Waals surface area contributed by atoms with Crippen LogP contribution in [0.1, 0.15) is 29.8 Å². The summed E-state index contributed by atoms with van der Waals surface area (Å²) in [7, 11) is 1.54. The fourth-order valence-corrected chi connectivity index (χ4v) is 2.80. The largest absolute Gasteiger partial charge is 0.506 e. The van der Waals surface area contributed by atoms with Crippen LogP contribution >= 0.6 is 0 Å². The molecule has 0 saturated carbocycles. The number of benzene rings is 2. The van der Waals surface area contributed by atoms with Crippen LogP contribution < -0.4 is 4.74 Å². The Morgan fingerprint density at radius 3 is 2.64 bits per heavy atom. The van der Waals surface area contributed by atoms with Crippen molar-refractivity contribution < 1.29 is 19.4 Å². The molecule has 1 aromatic heterocycles. The van der Waals surface area contributed by atoms with Gasteiger partial charge < -0.3 is 14.6 Å². The van der Waals surface area contributed by atoms with E-state index in [0.717, 1.165) is 5.39 Å². The van der Waals surface area contributed by atoms with E-state index in [0.29, 0.717) is 16.7 Å².